The molecule has 0 saturated heterocycles. The van der Waals surface area contributed by atoms with Crippen LogP contribution in [0.2, 0.25) is 0 Å². The summed E-state index contributed by atoms with van der Waals surface area (Å²) in [6, 6.07) is 12.5. The first-order chi connectivity index (χ1) is 8.65. The summed E-state index contributed by atoms with van der Waals surface area (Å²) in [5.41, 5.74) is 7.08. The Labute approximate surface area is 107 Å². The molecule has 1 amide bonds. The molecule has 0 fully saturated rings. The van der Waals surface area contributed by atoms with E-state index in [1.165, 1.54) is 22.3 Å². The number of aryl methyl sites for hydroxylation is 1. The van der Waals surface area contributed by atoms with Gasteiger partial charge >= 0.3 is 0 Å². The number of hydrogen-bond donors (Lipinski definition) is 1. The number of carbonyl (C=O) groups excluding carboxylic acids is 1. The van der Waals surface area contributed by atoms with Crippen LogP contribution in [0.4, 0.5) is 5.69 Å². The number of amides is 1. The fourth-order valence-electron chi connectivity index (χ4n) is 2.46. The Morgan fingerprint density at radius 2 is 1.94 bits per heavy atom. The molecule has 2 aromatic carbocycles. The average Bonchev–Trinajstić information content (AvgIpc) is 2.71. The molecule has 0 aliphatic carbocycles. The highest BCUT2D eigenvalue weighted by Crippen LogP contribution is 2.31. The number of anilines is 1. The van der Waals surface area contributed by atoms with E-state index < -0.39 is 0 Å². The molecule has 3 rings (SSSR count). The normalized spacial score (nSPS) is 13.3. The highest BCUT2D eigenvalue weighted by atomic mass is 16.1. The lowest BCUT2D eigenvalue weighted by molar-refractivity contribution is -0.115. The number of benzene rings is 2. The molecule has 90 valence electrons. The van der Waals surface area contributed by atoms with Gasteiger partial charge in [-0.2, -0.15) is 0 Å². The summed E-state index contributed by atoms with van der Waals surface area (Å²) in [6.45, 7) is 4.26. The molecule has 1 heterocycles. The SMILES string of the molecule is Cc1cccc(-c2ccc3c(c2)CC(=O)N3)c1C. The fraction of sp³-hybridized carbons (Fsp3) is 0.188. The molecule has 18 heavy (non-hydrogen) atoms. The molecule has 0 bridgehead atoms. The van der Waals surface area contributed by atoms with Crippen molar-refractivity contribution in [2.24, 2.45) is 0 Å². The van der Waals surface area contributed by atoms with Gasteiger partial charge in [0, 0.05) is 5.69 Å². The van der Waals surface area contributed by atoms with Crippen LogP contribution in [-0.4, -0.2) is 5.91 Å². The Kier molecular flexibility index (Phi) is 2.44. The second-order valence-corrected chi connectivity index (χ2v) is 4.84. The third kappa shape index (κ3) is 1.70. The Hall–Kier alpha value is -2.09. The summed E-state index contributed by atoms with van der Waals surface area (Å²) < 4.78 is 0. The fourth-order valence-corrected chi connectivity index (χ4v) is 2.46. The minimum atomic E-state index is 0.0862. The second-order valence-electron chi connectivity index (χ2n) is 4.84. The van der Waals surface area contributed by atoms with Crippen LogP contribution >= 0.6 is 0 Å². The Balaban J connectivity index is 2.11. The highest BCUT2D eigenvalue weighted by Gasteiger charge is 2.18. The number of nitrogens with one attached hydrogen (secondary N) is 1. The van der Waals surface area contributed by atoms with Gasteiger partial charge in [0.05, 0.1) is 6.42 Å². The topological polar surface area (TPSA) is 29.1 Å². The van der Waals surface area contributed by atoms with Gasteiger partial charge in [-0.1, -0.05) is 24.3 Å². The maximum absolute atomic E-state index is 11.4. The molecule has 0 spiro atoms. The average molecular weight is 237 g/mol. The zero-order valence-electron chi connectivity index (χ0n) is 10.6. The molecule has 0 unspecified atom stereocenters. The molecular formula is C16H15NO. The van der Waals surface area contributed by atoms with Gasteiger partial charge < -0.3 is 5.32 Å². The lowest BCUT2D eigenvalue weighted by atomic mass is 9.95. The summed E-state index contributed by atoms with van der Waals surface area (Å²) in [5, 5.41) is 2.86. The minimum absolute atomic E-state index is 0.0862. The van der Waals surface area contributed by atoms with Gasteiger partial charge in [0.15, 0.2) is 0 Å². The van der Waals surface area contributed by atoms with Crippen LogP contribution < -0.4 is 5.32 Å². The lowest BCUT2D eigenvalue weighted by Gasteiger charge is -2.10. The zero-order valence-corrected chi connectivity index (χ0v) is 10.6. The van der Waals surface area contributed by atoms with Gasteiger partial charge in [0.1, 0.15) is 0 Å². The first-order valence-electron chi connectivity index (χ1n) is 6.14. The van der Waals surface area contributed by atoms with Gasteiger partial charge in [0.2, 0.25) is 5.91 Å². The van der Waals surface area contributed by atoms with Crippen molar-refractivity contribution >= 4 is 11.6 Å². The predicted molar refractivity (Wildman–Crippen MR) is 73.7 cm³/mol. The van der Waals surface area contributed by atoms with Crippen LogP contribution in [0.5, 0.6) is 0 Å². The van der Waals surface area contributed by atoms with Crippen LogP contribution in [0.3, 0.4) is 0 Å². The van der Waals surface area contributed by atoms with E-state index in [9.17, 15) is 4.79 Å². The summed E-state index contributed by atoms with van der Waals surface area (Å²) in [6.07, 6.45) is 0.494. The van der Waals surface area contributed by atoms with Crippen LogP contribution in [0.1, 0.15) is 16.7 Å². The van der Waals surface area contributed by atoms with Gasteiger partial charge in [0.25, 0.3) is 0 Å². The molecule has 0 atom stereocenters. The van der Waals surface area contributed by atoms with Crippen LogP contribution in [-0.2, 0) is 11.2 Å². The van der Waals surface area contributed by atoms with Crippen LogP contribution in [0.15, 0.2) is 36.4 Å². The van der Waals surface area contributed by atoms with E-state index in [2.05, 4.69) is 49.5 Å². The molecule has 1 N–H and O–H groups in total. The summed E-state index contributed by atoms with van der Waals surface area (Å²) >= 11 is 0. The smallest absolute Gasteiger partial charge is 0.228 e. The van der Waals surface area contributed by atoms with Crippen LogP contribution in [0.25, 0.3) is 11.1 Å². The van der Waals surface area contributed by atoms with Crippen molar-refractivity contribution in [3.05, 3.63) is 53.1 Å². The molecule has 1 aliphatic heterocycles. The monoisotopic (exact) mass is 237 g/mol. The maximum atomic E-state index is 11.4. The maximum Gasteiger partial charge on any atom is 0.228 e. The third-order valence-corrected chi connectivity index (χ3v) is 3.65. The lowest BCUT2D eigenvalue weighted by Crippen LogP contribution is -2.03. The highest BCUT2D eigenvalue weighted by molar-refractivity contribution is 5.99. The number of carbonyl (C=O) groups is 1. The van der Waals surface area contributed by atoms with Crippen molar-refractivity contribution in [2.75, 3.05) is 5.32 Å². The first-order valence-corrected chi connectivity index (χ1v) is 6.14. The Bertz CT molecular complexity index is 644. The Morgan fingerprint density at radius 1 is 1.11 bits per heavy atom. The number of hydrogen-bond acceptors (Lipinski definition) is 1. The van der Waals surface area contributed by atoms with Crippen LogP contribution in [0, 0.1) is 13.8 Å². The summed E-state index contributed by atoms with van der Waals surface area (Å²) in [7, 11) is 0. The summed E-state index contributed by atoms with van der Waals surface area (Å²) in [4.78, 5) is 11.4. The van der Waals surface area contributed by atoms with E-state index in [-0.39, 0.29) is 5.91 Å². The molecule has 2 nitrogen and oxygen atoms in total. The number of rotatable bonds is 1. The summed E-state index contributed by atoms with van der Waals surface area (Å²) in [5.74, 6) is 0.0862. The van der Waals surface area contributed by atoms with Crippen molar-refractivity contribution in [1.29, 1.82) is 0 Å². The first kappa shape index (κ1) is 11.0. The molecule has 1 aliphatic rings. The third-order valence-electron chi connectivity index (χ3n) is 3.65. The molecule has 2 aromatic rings. The predicted octanol–water partition coefficient (Wildman–Crippen LogP) is 3.47. The van der Waals surface area contributed by atoms with E-state index in [1.807, 2.05) is 6.07 Å². The minimum Gasteiger partial charge on any atom is -0.326 e. The van der Waals surface area contributed by atoms with E-state index >= 15 is 0 Å². The standard InChI is InChI=1S/C16H15NO/c1-10-4-3-5-14(11(10)2)12-6-7-15-13(8-12)9-16(18)17-15/h3-8H,9H2,1-2H3,(H,17,18). The molecule has 0 saturated carbocycles. The van der Waals surface area contributed by atoms with Crippen molar-refractivity contribution in [2.45, 2.75) is 20.3 Å². The van der Waals surface area contributed by atoms with Crippen molar-refractivity contribution in [1.82, 2.24) is 0 Å². The van der Waals surface area contributed by atoms with Gasteiger partial charge in [-0.3, -0.25) is 4.79 Å². The van der Waals surface area contributed by atoms with E-state index in [1.54, 1.807) is 0 Å². The molecule has 2 heteroatoms. The van der Waals surface area contributed by atoms with Gasteiger partial charge in [-0.05, 0) is 53.8 Å². The Morgan fingerprint density at radius 3 is 2.78 bits per heavy atom. The zero-order chi connectivity index (χ0) is 12.7. The van der Waals surface area contributed by atoms with Crippen molar-refractivity contribution in [3.8, 4) is 11.1 Å². The van der Waals surface area contributed by atoms with E-state index in [0.717, 1.165) is 11.3 Å². The molecular weight excluding hydrogens is 222 g/mol. The van der Waals surface area contributed by atoms with E-state index in [4.69, 9.17) is 0 Å². The molecule has 0 radical (unpaired) electrons. The van der Waals surface area contributed by atoms with Gasteiger partial charge in [-0.15, -0.1) is 0 Å². The second kappa shape index (κ2) is 3.98. The number of fused-ring (bicyclic) bond motifs is 1. The van der Waals surface area contributed by atoms with Crippen molar-refractivity contribution < 1.29 is 4.79 Å². The quantitative estimate of drug-likeness (QED) is 0.808. The van der Waals surface area contributed by atoms with E-state index in [0.29, 0.717) is 6.42 Å². The van der Waals surface area contributed by atoms with Crippen molar-refractivity contribution in [3.63, 3.8) is 0 Å². The largest absolute Gasteiger partial charge is 0.326 e. The molecule has 0 aromatic heterocycles. The van der Waals surface area contributed by atoms with Gasteiger partial charge in [-0.25, -0.2) is 0 Å².